The maximum absolute atomic E-state index is 13.2. The number of hydrogen-bond acceptors (Lipinski definition) is 2. The Morgan fingerprint density at radius 1 is 1.10 bits per heavy atom. The first-order valence-electron chi connectivity index (χ1n) is 6.08. The predicted octanol–water partition coefficient (Wildman–Crippen LogP) is 3.64. The van der Waals surface area contributed by atoms with E-state index in [1.807, 2.05) is 0 Å². The first-order valence-corrected chi connectivity index (χ1v) is 6.08. The lowest BCUT2D eigenvalue weighted by Gasteiger charge is -2.11. The molecule has 108 valence electrons. The van der Waals surface area contributed by atoms with E-state index < -0.39 is 17.8 Å². The number of hydrogen-bond donors (Lipinski definition) is 0. The van der Waals surface area contributed by atoms with Gasteiger partial charge < -0.3 is 4.57 Å². The highest BCUT2D eigenvalue weighted by atomic mass is 19.4. The van der Waals surface area contributed by atoms with Crippen molar-refractivity contribution in [3.63, 3.8) is 0 Å². The molecule has 0 atom stereocenters. The van der Waals surface area contributed by atoms with E-state index in [1.54, 1.807) is 6.07 Å². The molecule has 0 fully saturated rings. The number of nitrogens with zero attached hydrogens (tertiary/aromatic N) is 3. The molecular formula is C14H9F4N3. The molecule has 0 saturated carbocycles. The molecule has 3 aromatic rings. The maximum atomic E-state index is 13.2. The summed E-state index contributed by atoms with van der Waals surface area (Å²) in [5.41, 5.74) is 0.681. The molecule has 0 unspecified atom stereocenters. The highest BCUT2D eigenvalue weighted by Crippen LogP contribution is 2.31. The van der Waals surface area contributed by atoms with E-state index >= 15 is 0 Å². The fourth-order valence-corrected chi connectivity index (χ4v) is 2.14. The lowest BCUT2D eigenvalue weighted by molar-refractivity contribution is -0.146. The van der Waals surface area contributed by atoms with E-state index in [0.717, 1.165) is 4.57 Å². The van der Waals surface area contributed by atoms with Gasteiger partial charge in [-0.1, -0.05) is 12.1 Å². The molecule has 0 bridgehead atoms. The van der Waals surface area contributed by atoms with Crippen molar-refractivity contribution < 1.29 is 17.6 Å². The number of rotatable bonds is 2. The van der Waals surface area contributed by atoms with Crippen LogP contribution in [-0.4, -0.2) is 14.5 Å². The number of alkyl halides is 3. The van der Waals surface area contributed by atoms with E-state index in [2.05, 4.69) is 9.97 Å². The van der Waals surface area contributed by atoms with E-state index in [-0.39, 0.29) is 17.7 Å². The topological polar surface area (TPSA) is 30.7 Å². The van der Waals surface area contributed by atoms with Crippen molar-refractivity contribution in [2.75, 3.05) is 0 Å². The predicted molar refractivity (Wildman–Crippen MR) is 68.0 cm³/mol. The Morgan fingerprint density at radius 3 is 2.62 bits per heavy atom. The lowest BCUT2D eigenvalue weighted by Crippen LogP contribution is -2.16. The average molecular weight is 295 g/mol. The fraction of sp³-hybridized carbons (Fsp3) is 0.143. The van der Waals surface area contributed by atoms with Crippen molar-refractivity contribution in [3.8, 4) is 0 Å². The largest absolute Gasteiger partial charge is 0.449 e. The van der Waals surface area contributed by atoms with Crippen molar-refractivity contribution in [2.24, 2.45) is 0 Å². The van der Waals surface area contributed by atoms with E-state index in [9.17, 15) is 17.6 Å². The summed E-state index contributed by atoms with van der Waals surface area (Å²) in [7, 11) is 0. The van der Waals surface area contributed by atoms with E-state index in [1.165, 1.54) is 36.5 Å². The van der Waals surface area contributed by atoms with Gasteiger partial charge in [-0.2, -0.15) is 13.2 Å². The molecule has 0 spiro atoms. The highest BCUT2D eigenvalue weighted by Gasteiger charge is 2.37. The molecule has 1 aromatic carbocycles. The zero-order valence-corrected chi connectivity index (χ0v) is 10.6. The van der Waals surface area contributed by atoms with Crippen LogP contribution in [0.4, 0.5) is 17.6 Å². The second kappa shape index (κ2) is 4.83. The van der Waals surface area contributed by atoms with Crippen LogP contribution in [0.3, 0.4) is 0 Å². The minimum atomic E-state index is -4.60. The quantitative estimate of drug-likeness (QED) is 0.676. The Labute approximate surface area is 116 Å². The van der Waals surface area contributed by atoms with Crippen molar-refractivity contribution in [1.82, 2.24) is 14.5 Å². The SMILES string of the molecule is Fc1cccc(Cn2c(C(F)(F)F)nc3cccnc32)c1. The summed E-state index contributed by atoms with van der Waals surface area (Å²) in [5.74, 6) is -1.54. The Hall–Kier alpha value is -2.44. The molecule has 3 nitrogen and oxygen atoms in total. The van der Waals surface area contributed by atoms with Gasteiger partial charge in [-0.25, -0.2) is 14.4 Å². The van der Waals surface area contributed by atoms with Crippen LogP contribution in [0, 0.1) is 5.82 Å². The zero-order valence-electron chi connectivity index (χ0n) is 10.6. The fourth-order valence-electron chi connectivity index (χ4n) is 2.14. The van der Waals surface area contributed by atoms with Gasteiger partial charge in [0.05, 0.1) is 6.54 Å². The van der Waals surface area contributed by atoms with Gasteiger partial charge in [0.2, 0.25) is 5.82 Å². The van der Waals surface area contributed by atoms with Gasteiger partial charge in [-0.15, -0.1) is 0 Å². The van der Waals surface area contributed by atoms with Crippen LogP contribution in [0.15, 0.2) is 42.6 Å². The second-order valence-corrected chi connectivity index (χ2v) is 4.50. The van der Waals surface area contributed by atoms with Crippen LogP contribution in [0.2, 0.25) is 0 Å². The van der Waals surface area contributed by atoms with Gasteiger partial charge in [0.1, 0.15) is 11.3 Å². The average Bonchev–Trinajstić information content (AvgIpc) is 2.78. The monoisotopic (exact) mass is 295 g/mol. The van der Waals surface area contributed by atoms with Gasteiger partial charge in [0.15, 0.2) is 5.65 Å². The summed E-state index contributed by atoms with van der Waals surface area (Å²) in [5, 5.41) is 0. The Kier molecular flexibility index (Phi) is 3.12. The Morgan fingerprint density at radius 2 is 1.90 bits per heavy atom. The minimum Gasteiger partial charge on any atom is -0.301 e. The first kappa shape index (κ1) is 13.5. The van der Waals surface area contributed by atoms with Crippen LogP contribution in [0.25, 0.3) is 11.2 Å². The number of aromatic nitrogens is 3. The summed E-state index contributed by atoms with van der Waals surface area (Å²) in [6.45, 7) is -0.153. The molecule has 2 aromatic heterocycles. The molecule has 0 aliphatic carbocycles. The molecule has 0 aliphatic rings. The highest BCUT2D eigenvalue weighted by molar-refractivity contribution is 5.71. The second-order valence-electron chi connectivity index (χ2n) is 4.50. The van der Waals surface area contributed by atoms with Crippen LogP contribution in [0.1, 0.15) is 11.4 Å². The number of imidazole rings is 1. The van der Waals surface area contributed by atoms with E-state index in [0.29, 0.717) is 5.56 Å². The summed E-state index contributed by atoms with van der Waals surface area (Å²) in [6.07, 6.45) is -3.21. The third kappa shape index (κ3) is 2.58. The van der Waals surface area contributed by atoms with Crippen LogP contribution in [0.5, 0.6) is 0 Å². The van der Waals surface area contributed by atoms with Crippen LogP contribution >= 0.6 is 0 Å². The van der Waals surface area contributed by atoms with Gasteiger partial charge >= 0.3 is 6.18 Å². The van der Waals surface area contributed by atoms with Crippen LogP contribution < -0.4 is 0 Å². The molecule has 3 rings (SSSR count). The number of fused-ring (bicyclic) bond motifs is 1. The molecule has 0 saturated heterocycles. The maximum Gasteiger partial charge on any atom is 0.449 e. The minimum absolute atomic E-state index is 0.120. The van der Waals surface area contributed by atoms with E-state index in [4.69, 9.17) is 0 Å². The van der Waals surface area contributed by atoms with Crippen molar-refractivity contribution in [1.29, 1.82) is 0 Å². The van der Waals surface area contributed by atoms with Gasteiger partial charge in [-0.3, -0.25) is 0 Å². The van der Waals surface area contributed by atoms with Crippen molar-refractivity contribution in [3.05, 3.63) is 59.8 Å². The lowest BCUT2D eigenvalue weighted by atomic mass is 10.2. The molecule has 7 heteroatoms. The number of benzene rings is 1. The first-order chi connectivity index (χ1) is 9.95. The summed E-state index contributed by atoms with van der Waals surface area (Å²) >= 11 is 0. The van der Waals surface area contributed by atoms with Crippen LogP contribution in [-0.2, 0) is 12.7 Å². The third-order valence-corrected chi connectivity index (χ3v) is 2.99. The Balaban J connectivity index is 2.15. The molecule has 0 radical (unpaired) electrons. The molecule has 0 amide bonds. The standard InChI is InChI=1S/C14H9F4N3/c15-10-4-1-3-9(7-10)8-21-12-11(5-2-6-19-12)20-13(21)14(16,17)18/h1-7H,8H2. The Bertz CT molecular complexity index is 792. The molecular weight excluding hydrogens is 286 g/mol. The van der Waals surface area contributed by atoms with Gasteiger partial charge in [0.25, 0.3) is 0 Å². The summed E-state index contributed by atoms with van der Waals surface area (Å²) < 4.78 is 53.4. The number of pyridine rings is 1. The molecule has 0 N–H and O–H groups in total. The normalized spacial score (nSPS) is 12.0. The van der Waals surface area contributed by atoms with Gasteiger partial charge in [0, 0.05) is 6.20 Å². The zero-order chi connectivity index (χ0) is 15.0. The summed E-state index contributed by atoms with van der Waals surface area (Å²) in [4.78, 5) is 7.52. The van der Waals surface area contributed by atoms with Crippen molar-refractivity contribution >= 4 is 11.2 Å². The smallest absolute Gasteiger partial charge is 0.301 e. The van der Waals surface area contributed by atoms with Crippen molar-refractivity contribution in [2.45, 2.75) is 12.7 Å². The van der Waals surface area contributed by atoms with Gasteiger partial charge in [-0.05, 0) is 29.8 Å². The molecule has 0 aliphatic heterocycles. The molecule has 21 heavy (non-hydrogen) atoms. The third-order valence-electron chi connectivity index (χ3n) is 2.99. The molecule has 2 heterocycles. The number of halogens is 4. The summed E-state index contributed by atoms with van der Waals surface area (Å²) in [6, 6.07) is 8.40.